The second kappa shape index (κ2) is 11.0. The van der Waals surface area contributed by atoms with Crippen molar-refractivity contribution < 1.29 is 34.4 Å². The molecule has 2 aliphatic carbocycles. The van der Waals surface area contributed by atoms with Gasteiger partial charge in [0.15, 0.2) is 6.61 Å². The third kappa shape index (κ3) is 5.98. The van der Waals surface area contributed by atoms with Crippen molar-refractivity contribution >= 4 is 11.9 Å². The lowest BCUT2D eigenvalue weighted by Crippen LogP contribution is -2.28. The number of hydrogen-bond acceptors (Lipinski definition) is 6. The molecule has 172 valence electrons. The van der Waals surface area contributed by atoms with E-state index in [0.717, 1.165) is 44.1 Å². The summed E-state index contributed by atoms with van der Waals surface area (Å²) >= 11 is 0. The largest absolute Gasteiger partial charge is 0.482 e. The van der Waals surface area contributed by atoms with Crippen LogP contribution in [0.15, 0.2) is 18.2 Å². The zero-order chi connectivity index (χ0) is 22.4. The molecule has 0 radical (unpaired) electrons. The number of carbonyl (C=O) groups excluding carboxylic acids is 1. The Bertz CT molecular complexity index is 762. The molecule has 1 aromatic carbocycles. The fraction of sp³-hybridized carbons (Fsp3) is 0.667. The molecule has 5 atom stereocenters. The molecule has 3 rings (SSSR count). The first kappa shape index (κ1) is 23.5. The highest BCUT2D eigenvalue weighted by Crippen LogP contribution is 2.48. The summed E-state index contributed by atoms with van der Waals surface area (Å²) in [6.45, 7) is 1.62. The number of esters is 1. The van der Waals surface area contributed by atoms with Gasteiger partial charge in [-0.2, -0.15) is 0 Å². The number of rotatable bonds is 11. The number of hydrogen-bond donors (Lipinski definition) is 3. The summed E-state index contributed by atoms with van der Waals surface area (Å²) in [6.07, 6.45) is 4.73. The van der Waals surface area contributed by atoms with Crippen LogP contribution in [0.5, 0.6) is 5.75 Å². The number of fused-ring (bicyclic) bond motifs is 2. The highest BCUT2D eigenvalue weighted by atomic mass is 16.5. The van der Waals surface area contributed by atoms with Gasteiger partial charge in [0.1, 0.15) is 11.9 Å². The van der Waals surface area contributed by atoms with Crippen LogP contribution in [0, 0.1) is 17.8 Å². The molecule has 0 bridgehead atoms. The van der Waals surface area contributed by atoms with E-state index in [4.69, 9.17) is 19.7 Å². The molecule has 1 aromatic rings. The quantitative estimate of drug-likeness (QED) is 0.459. The van der Waals surface area contributed by atoms with Gasteiger partial charge in [-0.1, -0.05) is 19.1 Å². The Morgan fingerprint density at radius 1 is 1.26 bits per heavy atom. The van der Waals surface area contributed by atoms with Gasteiger partial charge >= 0.3 is 11.9 Å². The predicted molar refractivity (Wildman–Crippen MR) is 114 cm³/mol. The van der Waals surface area contributed by atoms with Crippen LogP contribution >= 0.6 is 0 Å². The van der Waals surface area contributed by atoms with E-state index in [2.05, 4.69) is 6.07 Å². The molecule has 7 heteroatoms. The van der Waals surface area contributed by atoms with Crippen LogP contribution in [0.3, 0.4) is 0 Å². The van der Waals surface area contributed by atoms with Crippen LogP contribution in [0.2, 0.25) is 0 Å². The number of carboxylic acid groups (broad SMARTS) is 1. The molecule has 1 saturated carbocycles. The molecule has 0 saturated heterocycles. The molecule has 3 N–H and O–H groups in total. The van der Waals surface area contributed by atoms with Gasteiger partial charge in [0.25, 0.3) is 0 Å². The molecule has 0 amide bonds. The first-order chi connectivity index (χ1) is 14.9. The predicted octanol–water partition coefficient (Wildman–Crippen LogP) is 2.74. The van der Waals surface area contributed by atoms with Gasteiger partial charge in [-0.25, -0.2) is 4.79 Å². The molecule has 2 aliphatic rings. The lowest BCUT2D eigenvalue weighted by Gasteiger charge is -2.32. The first-order valence-corrected chi connectivity index (χ1v) is 11.4. The molecule has 0 unspecified atom stereocenters. The average molecular weight is 435 g/mol. The van der Waals surface area contributed by atoms with Crippen LogP contribution < -0.4 is 4.74 Å². The van der Waals surface area contributed by atoms with Crippen LogP contribution in [-0.2, 0) is 27.2 Å². The zero-order valence-electron chi connectivity index (χ0n) is 18.2. The van der Waals surface area contributed by atoms with Gasteiger partial charge in [-0.05, 0) is 79.9 Å². The number of aliphatic hydroxyl groups excluding tert-OH is 2. The van der Waals surface area contributed by atoms with Crippen LogP contribution in [0.4, 0.5) is 0 Å². The monoisotopic (exact) mass is 434 g/mol. The van der Waals surface area contributed by atoms with E-state index in [1.165, 1.54) is 5.56 Å². The lowest BCUT2D eigenvalue weighted by molar-refractivity contribution is -0.150. The third-order valence-electron chi connectivity index (χ3n) is 6.81. The fourth-order valence-electron chi connectivity index (χ4n) is 5.27. The number of ether oxygens (including phenoxy) is 2. The maximum Gasteiger partial charge on any atom is 0.341 e. The summed E-state index contributed by atoms with van der Waals surface area (Å²) in [7, 11) is 0. The van der Waals surface area contributed by atoms with Gasteiger partial charge in [0.2, 0.25) is 0 Å². The summed E-state index contributed by atoms with van der Waals surface area (Å²) in [5, 5.41) is 28.6. The molecule has 0 heterocycles. The Kier molecular flexibility index (Phi) is 8.32. The Labute approximate surface area is 183 Å². The van der Waals surface area contributed by atoms with E-state index >= 15 is 0 Å². The van der Waals surface area contributed by atoms with Crippen molar-refractivity contribution in [2.45, 2.75) is 70.5 Å². The van der Waals surface area contributed by atoms with E-state index < -0.39 is 5.97 Å². The van der Waals surface area contributed by atoms with Gasteiger partial charge in [0.05, 0.1) is 6.10 Å². The highest BCUT2D eigenvalue weighted by molar-refractivity contribution is 5.69. The number of aliphatic carboxylic acids is 1. The van der Waals surface area contributed by atoms with Gasteiger partial charge < -0.3 is 24.8 Å². The zero-order valence-corrected chi connectivity index (χ0v) is 18.2. The van der Waals surface area contributed by atoms with Gasteiger partial charge in [0, 0.05) is 13.0 Å². The standard InChI is InChI=1S/C24H34O7/c1-2-17(31-24(29)7-4-10-25)8-9-18-19-11-15-5-3-6-22(30-14-23(27)28)20(15)12-16(19)13-21(18)26/h3,5-6,16-19,21,25-26H,2,4,7-14H2,1H3,(H,27,28)/t16-,17-,18+,19-,21+/m0/s1. The van der Waals surface area contributed by atoms with Gasteiger partial charge in [-0.3, -0.25) is 4.79 Å². The summed E-state index contributed by atoms with van der Waals surface area (Å²) in [6, 6.07) is 5.79. The Balaban J connectivity index is 1.62. The molecule has 7 nitrogen and oxygen atoms in total. The molecule has 1 fully saturated rings. The summed E-state index contributed by atoms with van der Waals surface area (Å²) in [4.78, 5) is 22.8. The average Bonchev–Trinajstić information content (AvgIpc) is 3.05. The van der Waals surface area contributed by atoms with Crippen molar-refractivity contribution in [3.05, 3.63) is 29.3 Å². The van der Waals surface area contributed by atoms with E-state index in [0.29, 0.717) is 24.0 Å². The van der Waals surface area contributed by atoms with Crippen molar-refractivity contribution in [2.75, 3.05) is 13.2 Å². The third-order valence-corrected chi connectivity index (χ3v) is 6.81. The van der Waals surface area contributed by atoms with E-state index in [9.17, 15) is 14.7 Å². The van der Waals surface area contributed by atoms with Crippen molar-refractivity contribution in [1.29, 1.82) is 0 Å². The topological polar surface area (TPSA) is 113 Å². The van der Waals surface area contributed by atoms with E-state index in [1.54, 1.807) is 0 Å². The van der Waals surface area contributed by atoms with E-state index in [-0.39, 0.29) is 43.7 Å². The van der Waals surface area contributed by atoms with Crippen molar-refractivity contribution in [3.63, 3.8) is 0 Å². The number of carbonyl (C=O) groups is 2. The van der Waals surface area contributed by atoms with E-state index in [1.807, 2.05) is 19.1 Å². The first-order valence-electron chi connectivity index (χ1n) is 11.4. The maximum absolute atomic E-state index is 11.9. The second-order valence-corrected chi connectivity index (χ2v) is 8.80. The molecule has 0 aromatic heterocycles. The number of carboxylic acids is 1. The SMILES string of the molecule is CC[C@@H](CC[C@@H]1[C@H]2Cc3cccc(OCC(=O)O)c3C[C@H]2C[C@H]1O)OC(=O)CCCO. The number of benzene rings is 1. The van der Waals surface area contributed by atoms with Crippen molar-refractivity contribution in [3.8, 4) is 5.75 Å². The maximum atomic E-state index is 11.9. The summed E-state index contributed by atoms with van der Waals surface area (Å²) < 4.78 is 11.1. The highest BCUT2D eigenvalue weighted by Gasteiger charge is 2.45. The van der Waals surface area contributed by atoms with Crippen LogP contribution in [0.1, 0.15) is 56.6 Å². The Morgan fingerprint density at radius 3 is 2.77 bits per heavy atom. The number of aliphatic hydroxyl groups is 2. The van der Waals surface area contributed by atoms with Gasteiger partial charge in [-0.15, -0.1) is 0 Å². The molecule has 31 heavy (non-hydrogen) atoms. The van der Waals surface area contributed by atoms with Crippen LogP contribution in [0.25, 0.3) is 0 Å². The minimum Gasteiger partial charge on any atom is -0.482 e. The fourth-order valence-corrected chi connectivity index (χ4v) is 5.27. The lowest BCUT2D eigenvalue weighted by atomic mass is 9.73. The smallest absolute Gasteiger partial charge is 0.341 e. The van der Waals surface area contributed by atoms with Crippen molar-refractivity contribution in [2.24, 2.45) is 17.8 Å². The summed E-state index contributed by atoms with van der Waals surface area (Å²) in [5.74, 6) is 0.231. The van der Waals surface area contributed by atoms with Crippen LogP contribution in [-0.4, -0.2) is 52.7 Å². The minimum absolute atomic E-state index is 0.0201. The normalized spacial score (nSPS) is 25.4. The van der Waals surface area contributed by atoms with Crippen molar-refractivity contribution in [1.82, 2.24) is 0 Å². The molecular formula is C24H34O7. The molecular weight excluding hydrogens is 400 g/mol. The Hall–Kier alpha value is -2.12. The Morgan fingerprint density at radius 2 is 2.06 bits per heavy atom. The summed E-state index contributed by atoms with van der Waals surface area (Å²) in [5.41, 5.74) is 2.24. The minimum atomic E-state index is -0.995. The molecule has 0 spiro atoms. The second-order valence-electron chi connectivity index (χ2n) is 8.80. The molecule has 0 aliphatic heterocycles.